The van der Waals surface area contributed by atoms with Crippen LogP contribution in [0.25, 0.3) is 0 Å². The van der Waals surface area contributed by atoms with Crippen molar-refractivity contribution in [3.05, 3.63) is 11.7 Å². The number of aliphatic carboxylic acids is 1. The van der Waals surface area contributed by atoms with E-state index in [0.29, 0.717) is 31.1 Å². The molecule has 1 saturated heterocycles. The molecule has 0 aromatic carbocycles. The van der Waals surface area contributed by atoms with Crippen LogP contribution in [-0.4, -0.2) is 44.6 Å². The minimum atomic E-state index is -0.935. The van der Waals surface area contributed by atoms with Crippen molar-refractivity contribution in [2.24, 2.45) is 0 Å². The largest absolute Gasteiger partial charge is 0.480 e. The van der Waals surface area contributed by atoms with Crippen LogP contribution in [0.3, 0.4) is 0 Å². The van der Waals surface area contributed by atoms with E-state index in [-0.39, 0.29) is 18.2 Å². The van der Waals surface area contributed by atoms with E-state index in [1.165, 1.54) is 4.90 Å². The number of amides is 1. The van der Waals surface area contributed by atoms with Crippen LogP contribution in [0.4, 0.5) is 0 Å². The van der Waals surface area contributed by atoms with Crippen LogP contribution in [0.1, 0.15) is 50.7 Å². The van der Waals surface area contributed by atoms with Gasteiger partial charge in [0.25, 0.3) is 0 Å². The van der Waals surface area contributed by atoms with E-state index in [0.717, 1.165) is 6.42 Å². The zero-order valence-electron chi connectivity index (χ0n) is 11.7. The van der Waals surface area contributed by atoms with Crippen LogP contribution >= 0.6 is 0 Å². The van der Waals surface area contributed by atoms with Crippen LogP contribution < -0.4 is 0 Å². The van der Waals surface area contributed by atoms with Crippen molar-refractivity contribution in [1.29, 1.82) is 0 Å². The van der Waals surface area contributed by atoms with Gasteiger partial charge < -0.3 is 14.5 Å². The summed E-state index contributed by atoms with van der Waals surface area (Å²) in [4.78, 5) is 28.7. The molecule has 7 nitrogen and oxygen atoms in total. The Bertz CT molecular complexity index is 498. The third kappa shape index (κ3) is 3.15. The molecule has 0 aliphatic carbocycles. The molecule has 1 aromatic heterocycles. The Morgan fingerprint density at radius 2 is 2.25 bits per heavy atom. The summed E-state index contributed by atoms with van der Waals surface area (Å²) in [6.07, 6.45) is 1.81. The van der Waals surface area contributed by atoms with E-state index >= 15 is 0 Å². The first-order valence-corrected chi connectivity index (χ1v) is 6.83. The van der Waals surface area contributed by atoms with Crippen LogP contribution in [0.5, 0.6) is 0 Å². The molecule has 2 heterocycles. The lowest BCUT2D eigenvalue weighted by atomic mass is 10.2. The number of hydrogen-bond acceptors (Lipinski definition) is 5. The average molecular weight is 281 g/mol. The van der Waals surface area contributed by atoms with Crippen molar-refractivity contribution in [1.82, 2.24) is 15.0 Å². The van der Waals surface area contributed by atoms with Crippen LogP contribution in [-0.2, 0) is 16.0 Å². The first-order valence-electron chi connectivity index (χ1n) is 6.83. The molecule has 20 heavy (non-hydrogen) atoms. The van der Waals surface area contributed by atoms with E-state index < -0.39 is 12.0 Å². The van der Waals surface area contributed by atoms with Gasteiger partial charge in [-0.3, -0.25) is 4.79 Å². The number of likely N-dealkylation sites (tertiary alicyclic amines) is 1. The number of aryl methyl sites for hydroxylation is 1. The number of carbonyl (C=O) groups is 2. The monoisotopic (exact) mass is 281 g/mol. The SMILES string of the molecule is CC(C)c1noc(CCC(=O)N2CCC[C@@H]2C(=O)O)n1. The molecule has 0 saturated carbocycles. The van der Waals surface area contributed by atoms with Gasteiger partial charge in [-0.1, -0.05) is 19.0 Å². The first-order chi connectivity index (χ1) is 9.49. The van der Waals surface area contributed by atoms with Crippen molar-refractivity contribution in [2.75, 3.05) is 6.54 Å². The highest BCUT2D eigenvalue weighted by molar-refractivity contribution is 5.84. The highest BCUT2D eigenvalue weighted by Crippen LogP contribution is 2.19. The number of carbonyl (C=O) groups excluding carboxylic acids is 1. The molecule has 2 rings (SSSR count). The Balaban J connectivity index is 1.89. The maximum absolute atomic E-state index is 12.0. The van der Waals surface area contributed by atoms with Gasteiger partial charge in [0.1, 0.15) is 6.04 Å². The van der Waals surface area contributed by atoms with Crippen molar-refractivity contribution in [2.45, 2.75) is 51.5 Å². The molecule has 0 unspecified atom stereocenters. The number of hydrogen-bond donors (Lipinski definition) is 1. The van der Waals surface area contributed by atoms with Gasteiger partial charge in [0, 0.05) is 25.3 Å². The predicted molar refractivity (Wildman–Crippen MR) is 69.1 cm³/mol. The molecule has 1 atom stereocenters. The number of rotatable bonds is 5. The standard InChI is InChI=1S/C13H19N3O4/c1-8(2)12-14-10(20-15-12)5-6-11(17)16-7-3-4-9(16)13(18)19/h8-9H,3-7H2,1-2H3,(H,18,19)/t9-/m1/s1. The summed E-state index contributed by atoms with van der Waals surface area (Å²) < 4.78 is 5.07. The number of carboxylic acid groups (broad SMARTS) is 1. The fraction of sp³-hybridized carbons (Fsp3) is 0.692. The van der Waals surface area contributed by atoms with E-state index in [1.54, 1.807) is 0 Å². The number of nitrogens with zero attached hydrogens (tertiary/aromatic N) is 3. The van der Waals surface area contributed by atoms with Gasteiger partial charge in [-0.15, -0.1) is 0 Å². The topological polar surface area (TPSA) is 96.5 Å². The molecular weight excluding hydrogens is 262 g/mol. The summed E-state index contributed by atoms with van der Waals surface area (Å²) in [6.45, 7) is 4.43. The quantitative estimate of drug-likeness (QED) is 0.871. The Hall–Kier alpha value is -1.92. The Morgan fingerprint density at radius 1 is 1.50 bits per heavy atom. The van der Waals surface area contributed by atoms with Crippen molar-refractivity contribution in [3.8, 4) is 0 Å². The molecule has 1 aromatic rings. The summed E-state index contributed by atoms with van der Waals surface area (Å²) in [5.41, 5.74) is 0. The lowest BCUT2D eigenvalue weighted by Gasteiger charge is -2.20. The fourth-order valence-corrected chi connectivity index (χ4v) is 2.28. The van der Waals surface area contributed by atoms with Gasteiger partial charge in [-0.05, 0) is 12.8 Å². The molecule has 1 amide bonds. The zero-order valence-corrected chi connectivity index (χ0v) is 11.7. The minimum Gasteiger partial charge on any atom is -0.480 e. The van der Waals surface area contributed by atoms with Gasteiger partial charge in [-0.2, -0.15) is 4.98 Å². The molecule has 1 aliphatic rings. The molecule has 110 valence electrons. The van der Waals surface area contributed by atoms with Gasteiger partial charge in [0.15, 0.2) is 5.82 Å². The maximum Gasteiger partial charge on any atom is 0.326 e. The minimum absolute atomic E-state index is 0.167. The smallest absolute Gasteiger partial charge is 0.326 e. The summed E-state index contributed by atoms with van der Waals surface area (Å²) in [7, 11) is 0. The normalized spacial score (nSPS) is 18.8. The summed E-state index contributed by atoms with van der Waals surface area (Å²) in [6, 6.07) is -0.684. The van der Waals surface area contributed by atoms with Gasteiger partial charge in [0.2, 0.25) is 11.8 Å². The molecule has 0 bridgehead atoms. The molecule has 7 heteroatoms. The average Bonchev–Trinajstić information content (AvgIpc) is 3.04. The second-order valence-electron chi connectivity index (χ2n) is 5.28. The molecular formula is C13H19N3O4. The maximum atomic E-state index is 12.0. The molecule has 1 fully saturated rings. The second-order valence-corrected chi connectivity index (χ2v) is 5.28. The second kappa shape index (κ2) is 6.02. The Kier molecular flexibility index (Phi) is 4.36. The van der Waals surface area contributed by atoms with E-state index in [4.69, 9.17) is 9.63 Å². The van der Waals surface area contributed by atoms with Crippen LogP contribution in [0, 0.1) is 0 Å². The first kappa shape index (κ1) is 14.5. The third-order valence-corrected chi connectivity index (χ3v) is 3.41. The van der Waals surface area contributed by atoms with Crippen LogP contribution in [0.15, 0.2) is 4.52 Å². The van der Waals surface area contributed by atoms with Crippen molar-refractivity contribution >= 4 is 11.9 Å². The number of carboxylic acids is 1. The number of aromatic nitrogens is 2. The van der Waals surface area contributed by atoms with Crippen molar-refractivity contribution in [3.63, 3.8) is 0 Å². The Morgan fingerprint density at radius 3 is 2.85 bits per heavy atom. The highest BCUT2D eigenvalue weighted by Gasteiger charge is 2.33. The summed E-state index contributed by atoms with van der Waals surface area (Å²) >= 11 is 0. The highest BCUT2D eigenvalue weighted by atomic mass is 16.5. The third-order valence-electron chi connectivity index (χ3n) is 3.41. The molecule has 0 radical (unpaired) electrons. The van der Waals surface area contributed by atoms with Gasteiger partial charge >= 0.3 is 5.97 Å². The fourth-order valence-electron chi connectivity index (χ4n) is 2.28. The summed E-state index contributed by atoms with van der Waals surface area (Å²) in [5.74, 6) is 0.123. The predicted octanol–water partition coefficient (Wildman–Crippen LogP) is 1.20. The van der Waals surface area contributed by atoms with E-state index in [2.05, 4.69) is 10.1 Å². The van der Waals surface area contributed by atoms with Gasteiger partial charge in [0.05, 0.1) is 0 Å². The van der Waals surface area contributed by atoms with E-state index in [9.17, 15) is 9.59 Å². The molecule has 1 aliphatic heterocycles. The lowest BCUT2D eigenvalue weighted by Crippen LogP contribution is -2.40. The van der Waals surface area contributed by atoms with E-state index in [1.807, 2.05) is 13.8 Å². The van der Waals surface area contributed by atoms with Crippen LogP contribution in [0.2, 0.25) is 0 Å². The Labute approximate surface area is 117 Å². The zero-order chi connectivity index (χ0) is 14.7. The summed E-state index contributed by atoms with van der Waals surface area (Å²) in [5, 5.41) is 12.9. The van der Waals surface area contributed by atoms with Crippen molar-refractivity contribution < 1.29 is 19.2 Å². The molecule has 0 spiro atoms. The van der Waals surface area contributed by atoms with Gasteiger partial charge in [-0.25, -0.2) is 4.79 Å². The molecule has 1 N–H and O–H groups in total. The lowest BCUT2D eigenvalue weighted by molar-refractivity contribution is -0.148.